The zero-order valence-corrected chi connectivity index (χ0v) is 17.9. The van der Waals surface area contributed by atoms with Gasteiger partial charge in [0.2, 0.25) is 15.9 Å². The van der Waals surface area contributed by atoms with Gasteiger partial charge in [-0.3, -0.25) is 13.9 Å². The number of carbonyl (C=O) groups is 2. The summed E-state index contributed by atoms with van der Waals surface area (Å²) in [6.45, 7) is 1.68. The Labute approximate surface area is 180 Å². The number of nitrogens with one attached hydrogen (secondary N) is 2. The highest BCUT2D eigenvalue weighted by atomic mass is 32.2. The molecule has 0 unspecified atom stereocenters. The summed E-state index contributed by atoms with van der Waals surface area (Å²) in [5.41, 5.74) is 0.898. The molecule has 0 saturated heterocycles. The molecule has 1 aromatic heterocycles. The summed E-state index contributed by atoms with van der Waals surface area (Å²) < 4.78 is 31.0. The number of carbonyl (C=O) groups excluding carboxylic acids is 2. The molecule has 0 radical (unpaired) electrons. The average Bonchev–Trinajstić information content (AvgIpc) is 3.26. The maximum Gasteiger partial charge on any atom is 0.253 e. The van der Waals surface area contributed by atoms with Crippen LogP contribution in [0.4, 0.5) is 11.4 Å². The Kier molecular flexibility index (Phi) is 6.76. The molecular weight excluding hydrogens is 418 g/mol. The molecule has 8 nitrogen and oxygen atoms in total. The van der Waals surface area contributed by atoms with Crippen LogP contribution in [0.15, 0.2) is 77.4 Å². The zero-order chi connectivity index (χ0) is 22.4. The van der Waals surface area contributed by atoms with Gasteiger partial charge in [-0.15, -0.1) is 0 Å². The molecule has 0 aliphatic rings. The van der Waals surface area contributed by atoms with Crippen molar-refractivity contribution in [3.63, 3.8) is 0 Å². The van der Waals surface area contributed by atoms with Crippen LogP contribution < -0.4 is 14.9 Å². The number of sulfonamides is 1. The van der Waals surface area contributed by atoms with Crippen molar-refractivity contribution in [2.75, 3.05) is 15.9 Å². The Morgan fingerprint density at radius 1 is 1.00 bits per heavy atom. The van der Waals surface area contributed by atoms with Crippen LogP contribution in [-0.2, 0) is 21.4 Å². The molecule has 1 atom stereocenters. The Morgan fingerprint density at radius 3 is 2.32 bits per heavy atom. The van der Waals surface area contributed by atoms with Gasteiger partial charge in [-0.25, -0.2) is 8.42 Å². The number of hydrogen-bond acceptors (Lipinski definition) is 5. The Morgan fingerprint density at radius 2 is 1.68 bits per heavy atom. The molecule has 0 fully saturated rings. The summed E-state index contributed by atoms with van der Waals surface area (Å²) in [4.78, 5) is 25.5. The van der Waals surface area contributed by atoms with E-state index in [4.69, 9.17) is 4.42 Å². The third-order valence-electron chi connectivity index (χ3n) is 4.53. The van der Waals surface area contributed by atoms with Gasteiger partial charge in [-0.05, 0) is 43.3 Å². The number of hydrogen-bond donors (Lipinski definition) is 2. The quantitative estimate of drug-likeness (QED) is 0.559. The molecule has 9 heteroatoms. The van der Waals surface area contributed by atoms with Gasteiger partial charge in [-0.2, -0.15) is 0 Å². The number of amides is 2. The molecule has 0 aliphatic carbocycles. The number of para-hydroxylation sites is 2. The van der Waals surface area contributed by atoms with Crippen molar-refractivity contribution < 1.29 is 22.4 Å². The van der Waals surface area contributed by atoms with E-state index in [-0.39, 0.29) is 17.8 Å². The van der Waals surface area contributed by atoms with Crippen LogP contribution in [0, 0.1) is 0 Å². The summed E-state index contributed by atoms with van der Waals surface area (Å²) in [6.07, 6.45) is 2.55. The zero-order valence-electron chi connectivity index (χ0n) is 17.1. The minimum Gasteiger partial charge on any atom is -0.467 e. The number of anilines is 2. The van der Waals surface area contributed by atoms with Crippen LogP contribution in [0.3, 0.4) is 0 Å². The van der Waals surface area contributed by atoms with Gasteiger partial charge in [0.05, 0.1) is 36.0 Å². The van der Waals surface area contributed by atoms with Crippen molar-refractivity contribution >= 4 is 33.2 Å². The molecule has 3 aromatic rings. The molecule has 31 heavy (non-hydrogen) atoms. The predicted molar refractivity (Wildman–Crippen MR) is 118 cm³/mol. The fourth-order valence-corrected chi connectivity index (χ4v) is 4.26. The number of rotatable bonds is 8. The van der Waals surface area contributed by atoms with E-state index in [0.717, 1.165) is 10.6 Å². The molecule has 0 bridgehead atoms. The Hall–Kier alpha value is -3.59. The normalized spacial score (nSPS) is 12.1. The smallest absolute Gasteiger partial charge is 0.253 e. The molecule has 1 heterocycles. The molecule has 162 valence electrons. The standard InChI is InChI=1S/C22H23N3O5S/c1-16(25(31(2,28)29)17-9-4-3-5-10-17)21(26)24-20-13-7-6-12-19(20)22(27)23-15-18-11-8-14-30-18/h3-14,16H,15H2,1-2H3,(H,23,27)(H,24,26)/t16-/m0/s1. The lowest BCUT2D eigenvalue weighted by molar-refractivity contribution is -0.116. The third kappa shape index (κ3) is 5.52. The first kappa shape index (κ1) is 22.1. The van der Waals surface area contributed by atoms with Crippen molar-refractivity contribution in [1.29, 1.82) is 0 Å². The second-order valence-corrected chi connectivity index (χ2v) is 8.73. The van der Waals surface area contributed by atoms with Crippen molar-refractivity contribution in [3.8, 4) is 0 Å². The lowest BCUT2D eigenvalue weighted by atomic mass is 10.1. The van der Waals surface area contributed by atoms with Crippen LogP contribution in [0.5, 0.6) is 0 Å². The maximum absolute atomic E-state index is 12.9. The van der Waals surface area contributed by atoms with Crippen LogP contribution in [0.25, 0.3) is 0 Å². The van der Waals surface area contributed by atoms with E-state index in [1.165, 1.54) is 13.2 Å². The van der Waals surface area contributed by atoms with E-state index >= 15 is 0 Å². The Bertz CT molecular complexity index is 1140. The van der Waals surface area contributed by atoms with Gasteiger partial charge in [0, 0.05) is 0 Å². The SMILES string of the molecule is C[C@@H](C(=O)Nc1ccccc1C(=O)NCc1ccco1)N(c1ccccc1)S(C)(=O)=O. The first-order valence-corrected chi connectivity index (χ1v) is 11.4. The van der Waals surface area contributed by atoms with Gasteiger partial charge in [0.15, 0.2) is 0 Å². The molecule has 2 amide bonds. The maximum atomic E-state index is 12.9. The first-order chi connectivity index (χ1) is 14.8. The number of furan rings is 1. The lowest BCUT2D eigenvalue weighted by Crippen LogP contribution is -2.45. The Balaban J connectivity index is 1.78. The van der Waals surface area contributed by atoms with Crippen molar-refractivity contribution in [2.24, 2.45) is 0 Å². The molecule has 2 aromatic carbocycles. The highest BCUT2D eigenvalue weighted by molar-refractivity contribution is 7.92. The highest BCUT2D eigenvalue weighted by Crippen LogP contribution is 2.22. The van der Waals surface area contributed by atoms with Gasteiger partial charge < -0.3 is 15.1 Å². The van der Waals surface area contributed by atoms with Crippen molar-refractivity contribution in [1.82, 2.24) is 5.32 Å². The van der Waals surface area contributed by atoms with Crippen molar-refractivity contribution in [2.45, 2.75) is 19.5 Å². The molecule has 0 aliphatic heterocycles. The van der Waals surface area contributed by atoms with Crippen LogP contribution in [-0.4, -0.2) is 32.5 Å². The van der Waals surface area contributed by atoms with Crippen LogP contribution in [0.2, 0.25) is 0 Å². The fraction of sp³-hybridized carbons (Fsp3) is 0.182. The van der Waals surface area contributed by atoms with E-state index in [1.807, 2.05) is 0 Å². The van der Waals surface area contributed by atoms with Gasteiger partial charge in [0.1, 0.15) is 11.8 Å². The fourth-order valence-electron chi connectivity index (χ4n) is 3.09. The van der Waals surface area contributed by atoms with Crippen LogP contribution >= 0.6 is 0 Å². The lowest BCUT2D eigenvalue weighted by Gasteiger charge is -2.28. The number of benzene rings is 2. The summed E-state index contributed by atoms with van der Waals surface area (Å²) in [7, 11) is -3.73. The summed E-state index contributed by atoms with van der Waals surface area (Å²) in [5.74, 6) is -0.376. The van der Waals surface area contributed by atoms with E-state index < -0.39 is 27.9 Å². The number of nitrogens with zero attached hydrogens (tertiary/aromatic N) is 1. The highest BCUT2D eigenvalue weighted by Gasteiger charge is 2.29. The molecule has 0 spiro atoms. The minimum absolute atomic E-state index is 0.195. The second-order valence-electron chi connectivity index (χ2n) is 6.87. The average molecular weight is 442 g/mol. The van der Waals surface area contributed by atoms with Gasteiger partial charge in [0.25, 0.3) is 5.91 Å². The van der Waals surface area contributed by atoms with E-state index in [0.29, 0.717) is 11.4 Å². The molecule has 2 N–H and O–H groups in total. The molecule has 3 rings (SSSR count). The van der Waals surface area contributed by atoms with Gasteiger partial charge >= 0.3 is 0 Å². The van der Waals surface area contributed by atoms with Gasteiger partial charge in [-0.1, -0.05) is 30.3 Å². The molecular formula is C22H23N3O5S. The summed E-state index contributed by atoms with van der Waals surface area (Å²) >= 11 is 0. The second kappa shape index (κ2) is 9.48. The van der Waals surface area contributed by atoms with E-state index in [9.17, 15) is 18.0 Å². The largest absolute Gasteiger partial charge is 0.467 e. The predicted octanol–water partition coefficient (Wildman–Crippen LogP) is 3.00. The first-order valence-electron chi connectivity index (χ1n) is 9.52. The minimum atomic E-state index is -3.73. The van der Waals surface area contributed by atoms with Crippen LogP contribution in [0.1, 0.15) is 23.0 Å². The monoisotopic (exact) mass is 441 g/mol. The topological polar surface area (TPSA) is 109 Å². The van der Waals surface area contributed by atoms with E-state index in [2.05, 4.69) is 10.6 Å². The summed E-state index contributed by atoms with van der Waals surface area (Å²) in [6, 6.07) is 17.3. The summed E-state index contributed by atoms with van der Waals surface area (Å²) in [5, 5.41) is 5.40. The van der Waals surface area contributed by atoms with Crippen molar-refractivity contribution in [3.05, 3.63) is 84.3 Å². The third-order valence-corrected chi connectivity index (χ3v) is 5.77. The van der Waals surface area contributed by atoms with E-state index in [1.54, 1.807) is 66.7 Å². The molecule has 0 saturated carbocycles.